The molecule has 0 saturated carbocycles. The van der Waals surface area contributed by atoms with Crippen LogP contribution in [-0.2, 0) is 16.1 Å². The van der Waals surface area contributed by atoms with Crippen LogP contribution in [0.2, 0.25) is 0 Å². The number of piperidine rings is 1. The third-order valence-corrected chi connectivity index (χ3v) is 5.29. The second-order valence-corrected chi connectivity index (χ2v) is 9.60. The fraction of sp³-hybridized carbons (Fsp3) is 0.522. The molecule has 3 rings (SSSR count). The lowest BCUT2D eigenvalue weighted by Crippen LogP contribution is -2.43. The van der Waals surface area contributed by atoms with Gasteiger partial charge in [-0.1, -0.05) is 12.1 Å². The second kappa shape index (κ2) is 12.0. The zero-order valence-corrected chi connectivity index (χ0v) is 20.7. The highest BCUT2D eigenvalue weighted by molar-refractivity contribution is 7.98. The van der Waals surface area contributed by atoms with Gasteiger partial charge in [-0.2, -0.15) is 4.98 Å². The number of aliphatic hydroxyl groups is 1. The molecule has 182 valence electrons. The molecule has 1 aliphatic heterocycles. The van der Waals surface area contributed by atoms with Crippen LogP contribution < -0.4 is 0 Å². The predicted octanol–water partition coefficient (Wildman–Crippen LogP) is 5.45. The number of rotatable bonds is 4. The molecular weight excluding hydrogens is 449 g/mol. The monoisotopic (exact) mass is 481 g/mol. The van der Waals surface area contributed by atoms with Crippen molar-refractivity contribution in [1.29, 1.82) is 0 Å². The van der Waals surface area contributed by atoms with E-state index in [-0.39, 0.29) is 18.5 Å². The Kier molecular flexibility index (Phi) is 9.72. The maximum absolute atomic E-state index is 13.6. The van der Waals surface area contributed by atoms with Crippen molar-refractivity contribution in [3.63, 3.8) is 0 Å². The van der Waals surface area contributed by atoms with Crippen molar-refractivity contribution < 1.29 is 28.3 Å². The van der Waals surface area contributed by atoms with Crippen molar-refractivity contribution in [3.8, 4) is 11.4 Å². The number of halogens is 1. The highest BCUT2D eigenvalue weighted by Gasteiger charge is 2.27. The van der Waals surface area contributed by atoms with Crippen molar-refractivity contribution in [2.45, 2.75) is 51.2 Å². The third kappa shape index (κ3) is 8.36. The summed E-state index contributed by atoms with van der Waals surface area (Å²) >= 11 is 1.35. The van der Waals surface area contributed by atoms with Gasteiger partial charge >= 0.3 is 6.09 Å². The Morgan fingerprint density at radius 2 is 2.15 bits per heavy atom. The normalized spacial score (nSPS) is 17.5. The number of nitrogens with zero attached hydrogens (tertiary/aromatic N) is 3. The largest absolute Gasteiger partial charge is 0.516 e. The molecule has 8 nitrogen and oxygen atoms in total. The number of carbonyl (C=O) groups excluding carboxylic acids is 1. The Bertz CT molecular complexity index is 958. The number of thioether (sulfide) groups is 1. The first-order chi connectivity index (χ1) is 15.6. The Morgan fingerprint density at radius 3 is 2.73 bits per heavy atom. The van der Waals surface area contributed by atoms with Crippen molar-refractivity contribution in [1.82, 2.24) is 15.0 Å². The number of carbonyl (C=O) groups is 1. The molecular formula is C23H32FN3O5S. The van der Waals surface area contributed by atoms with Gasteiger partial charge < -0.3 is 24.0 Å². The molecule has 1 aromatic carbocycles. The summed E-state index contributed by atoms with van der Waals surface area (Å²) in [4.78, 5) is 18.1. The van der Waals surface area contributed by atoms with E-state index in [2.05, 4.69) is 17.1 Å². The zero-order chi connectivity index (χ0) is 24.6. The van der Waals surface area contributed by atoms with Crippen molar-refractivity contribution in [2.24, 2.45) is 5.92 Å². The Labute approximate surface area is 198 Å². The lowest BCUT2D eigenvalue weighted by Gasteiger charge is -2.33. The number of aliphatic hydroxyl groups excluding tert-OH is 1. The predicted molar refractivity (Wildman–Crippen MR) is 124 cm³/mol. The first-order valence-corrected chi connectivity index (χ1v) is 11.7. The van der Waals surface area contributed by atoms with Crippen LogP contribution in [0.25, 0.3) is 11.4 Å². The molecule has 0 aliphatic carbocycles. The first kappa shape index (κ1) is 26.7. The minimum atomic E-state index is -0.471. The molecule has 10 heteroatoms. The highest BCUT2D eigenvalue weighted by atomic mass is 32.2. The fourth-order valence-corrected chi connectivity index (χ4v) is 3.64. The van der Waals surface area contributed by atoms with Crippen molar-refractivity contribution >= 4 is 17.9 Å². The number of likely N-dealkylation sites (tertiary alicyclic amines) is 1. The summed E-state index contributed by atoms with van der Waals surface area (Å²) < 4.78 is 28.7. The molecule has 1 amide bonds. The van der Waals surface area contributed by atoms with Crippen LogP contribution in [0.4, 0.5) is 9.18 Å². The van der Waals surface area contributed by atoms with Gasteiger partial charge in [0.05, 0.1) is 6.26 Å². The topological polar surface area (TPSA) is 97.9 Å². The number of ether oxygens (including phenoxy) is 2. The van der Waals surface area contributed by atoms with Crippen LogP contribution in [0.3, 0.4) is 0 Å². The molecule has 0 spiro atoms. The van der Waals surface area contributed by atoms with Crippen LogP contribution in [-0.4, -0.2) is 58.3 Å². The van der Waals surface area contributed by atoms with Crippen molar-refractivity contribution in [2.75, 3.05) is 26.5 Å². The maximum atomic E-state index is 13.6. The Morgan fingerprint density at radius 1 is 1.42 bits per heavy atom. The van der Waals surface area contributed by atoms with Gasteiger partial charge in [-0.05, 0) is 63.1 Å². The summed E-state index contributed by atoms with van der Waals surface area (Å²) in [5.74, 6) is 0.813. The van der Waals surface area contributed by atoms with E-state index in [0.29, 0.717) is 41.2 Å². The number of hydrogen-bond acceptors (Lipinski definition) is 8. The Balaban J connectivity index is 0.000000234. The molecule has 33 heavy (non-hydrogen) atoms. The number of hydrogen-bond donors (Lipinski definition) is 1. The lowest BCUT2D eigenvalue weighted by atomic mass is 9.97. The SMILES string of the molecule is CC1C/C(=C/O)CN(C(=O)OC(C)(C)C)C1.COCc1nc(-c2ccc(SC)c(F)c2)no1. The van der Waals surface area contributed by atoms with Crippen LogP contribution in [0.1, 0.15) is 40.0 Å². The fourth-order valence-electron chi connectivity index (χ4n) is 3.18. The molecule has 0 bridgehead atoms. The van der Waals surface area contributed by atoms with Crippen LogP contribution in [0, 0.1) is 11.7 Å². The van der Waals surface area contributed by atoms with Gasteiger partial charge in [0.15, 0.2) is 0 Å². The maximum Gasteiger partial charge on any atom is 0.410 e. The Hall–Kier alpha value is -2.59. The summed E-state index contributed by atoms with van der Waals surface area (Å²) in [6.07, 6.45) is 3.46. The molecule has 1 atom stereocenters. The first-order valence-electron chi connectivity index (χ1n) is 10.5. The highest BCUT2D eigenvalue weighted by Crippen LogP contribution is 2.25. The quantitative estimate of drug-likeness (QED) is 0.455. The van der Waals surface area contributed by atoms with Gasteiger partial charge in [0.2, 0.25) is 5.82 Å². The summed E-state index contributed by atoms with van der Waals surface area (Å²) in [5.41, 5.74) is 0.997. The van der Waals surface area contributed by atoms with E-state index in [9.17, 15) is 9.18 Å². The van der Waals surface area contributed by atoms with E-state index in [1.807, 2.05) is 27.0 Å². The minimum absolute atomic E-state index is 0.248. The lowest BCUT2D eigenvalue weighted by molar-refractivity contribution is 0.0213. The molecule has 1 saturated heterocycles. The van der Waals surface area contributed by atoms with Crippen LogP contribution in [0.5, 0.6) is 0 Å². The van der Waals surface area contributed by atoms with Crippen LogP contribution >= 0.6 is 11.8 Å². The number of amides is 1. The summed E-state index contributed by atoms with van der Waals surface area (Å²) in [7, 11) is 1.54. The summed E-state index contributed by atoms with van der Waals surface area (Å²) in [6, 6.07) is 4.85. The number of methoxy groups -OCH3 is 1. The van der Waals surface area contributed by atoms with Gasteiger partial charge in [-0.25, -0.2) is 9.18 Å². The van der Waals surface area contributed by atoms with E-state index in [1.165, 1.54) is 24.9 Å². The smallest absolute Gasteiger partial charge is 0.410 e. The van der Waals surface area contributed by atoms with Gasteiger partial charge in [-0.3, -0.25) is 0 Å². The molecule has 0 radical (unpaired) electrons. The molecule has 1 unspecified atom stereocenters. The van der Waals surface area contributed by atoms with Gasteiger partial charge in [0.1, 0.15) is 18.0 Å². The zero-order valence-electron chi connectivity index (χ0n) is 19.9. The second-order valence-electron chi connectivity index (χ2n) is 8.75. The summed E-state index contributed by atoms with van der Waals surface area (Å²) in [5, 5.41) is 12.8. The van der Waals surface area contributed by atoms with E-state index < -0.39 is 5.60 Å². The van der Waals surface area contributed by atoms with Crippen LogP contribution in [0.15, 0.2) is 39.5 Å². The van der Waals surface area contributed by atoms with E-state index in [0.717, 1.165) is 18.3 Å². The molecule has 1 aliphatic rings. The average Bonchev–Trinajstić information content (AvgIpc) is 3.21. The standard InChI is InChI=1S/C12H21NO3.C11H11FN2O2S/c1-9-5-10(8-14)7-13(6-9)11(15)16-12(2,3)4;1-15-6-10-13-11(14-16-10)7-3-4-9(17-2)8(12)5-7/h8-9,14H,5-7H2,1-4H3;3-5H,6H2,1-2H3/b10-8-;. The van der Waals surface area contributed by atoms with E-state index >= 15 is 0 Å². The molecule has 2 heterocycles. The molecule has 2 aromatic rings. The molecule has 1 N–H and O–H groups in total. The van der Waals surface area contributed by atoms with E-state index in [1.54, 1.807) is 17.0 Å². The minimum Gasteiger partial charge on any atom is -0.516 e. The number of benzene rings is 1. The summed E-state index contributed by atoms with van der Waals surface area (Å²) in [6.45, 7) is 9.00. The van der Waals surface area contributed by atoms with Gasteiger partial charge in [0, 0.05) is 30.7 Å². The van der Waals surface area contributed by atoms with Crippen molar-refractivity contribution in [3.05, 3.63) is 41.7 Å². The molecule has 1 aromatic heterocycles. The number of aromatic nitrogens is 2. The average molecular weight is 482 g/mol. The van der Waals surface area contributed by atoms with Gasteiger partial charge in [0.25, 0.3) is 5.89 Å². The third-order valence-electron chi connectivity index (χ3n) is 4.52. The van der Waals surface area contributed by atoms with Gasteiger partial charge in [-0.15, -0.1) is 11.8 Å². The van der Waals surface area contributed by atoms with E-state index in [4.69, 9.17) is 19.1 Å². The molecule has 1 fully saturated rings.